The summed E-state index contributed by atoms with van der Waals surface area (Å²) in [4.78, 5) is 11.2. The molecular weight excluding hydrogens is 388 g/mol. The first kappa shape index (κ1) is 30.7. The van der Waals surface area contributed by atoms with Crippen LogP contribution in [0.15, 0.2) is 30.3 Å². The molecule has 0 aromatic heterocycles. The predicted molar refractivity (Wildman–Crippen MR) is 119 cm³/mol. The van der Waals surface area contributed by atoms with E-state index < -0.39 is 6.10 Å². The molecule has 3 unspecified atom stereocenters. The molecule has 1 aromatic rings. The van der Waals surface area contributed by atoms with Crippen LogP contribution < -0.4 is 0 Å². The maximum Gasteiger partial charge on any atom is 0.338 e. The van der Waals surface area contributed by atoms with Gasteiger partial charge in [-0.1, -0.05) is 25.1 Å². The molecule has 0 aliphatic rings. The summed E-state index contributed by atoms with van der Waals surface area (Å²) in [6.45, 7) is 14.2. The topological polar surface area (TPSA) is 94.5 Å². The third kappa shape index (κ3) is 21.2. The highest BCUT2D eigenvalue weighted by atomic mass is 16.5. The smallest absolute Gasteiger partial charge is 0.338 e. The standard InChI is InChI=1S/C10H12O2.C9H20O4.C4H10O/c1-2-8-12-10(11)9-6-4-3-5-7-9;1-7(11)5-12-9(3)6-13-8(2)4-10;1-3-5-4-2/h3-7H,2,8H2,1H3;7-11H,4-6H2,1-3H3;3-4H2,1-2H3. The molecule has 7 nitrogen and oxygen atoms in total. The highest BCUT2D eigenvalue weighted by Crippen LogP contribution is 2.01. The second kappa shape index (κ2) is 22.2. The molecule has 0 aliphatic heterocycles. The van der Waals surface area contributed by atoms with Gasteiger partial charge in [0.1, 0.15) is 0 Å². The zero-order valence-corrected chi connectivity index (χ0v) is 19.5. The molecule has 0 radical (unpaired) electrons. The van der Waals surface area contributed by atoms with Gasteiger partial charge in [-0.15, -0.1) is 0 Å². The van der Waals surface area contributed by atoms with Crippen LogP contribution in [0, 0.1) is 0 Å². The normalized spacial score (nSPS) is 13.1. The number of carbonyl (C=O) groups is 1. The summed E-state index contributed by atoms with van der Waals surface area (Å²) in [5.74, 6) is -0.238. The van der Waals surface area contributed by atoms with Gasteiger partial charge < -0.3 is 29.2 Å². The SMILES string of the molecule is CC(O)COC(C)COC(C)CO.CCCOC(=O)c1ccccc1.CCOCC. The largest absolute Gasteiger partial charge is 0.462 e. The molecule has 176 valence electrons. The molecule has 0 bridgehead atoms. The number of ether oxygens (including phenoxy) is 4. The molecule has 0 fully saturated rings. The number of hydrogen-bond acceptors (Lipinski definition) is 7. The molecule has 0 saturated carbocycles. The van der Waals surface area contributed by atoms with E-state index in [0.29, 0.717) is 25.4 Å². The molecule has 1 rings (SSSR count). The Morgan fingerprint density at radius 3 is 1.93 bits per heavy atom. The lowest BCUT2D eigenvalue weighted by atomic mass is 10.2. The van der Waals surface area contributed by atoms with Crippen LogP contribution in [0.4, 0.5) is 0 Å². The average Bonchev–Trinajstić information content (AvgIpc) is 2.76. The van der Waals surface area contributed by atoms with Crippen molar-refractivity contribution in [2.24, 2.45) is 0 Å². The predicted octanol–water partition coefficient (Wildman–Crippen LogP) is 3.47. The van der Waals surface area contributed by atoms with Crippen molar-refractivity contribution in [2.75, 3.05) is 39.6 Å². The number of aliphatic hydroxyl groups is 2. The van der Waals surface area contributed by atoms with Crippen molar-refractivity contribution < 1.29 is 34.0 Å². The van der Waals surface area contributed by atoms with Crippen molar-refractivity contribution in [3.63, 3.8) is 0 Å². The first-order valence-electron chi connectivity index (χ1n) is 10.6. The third-order valence-corrected chi connectivity index (χ3v) is 3.35. The lowest BCUT2D eigenvalue weighted by Crippen LogP contribution is -2.24. The van der Waals surface area contributed by atoms with Gasteiger partial charge in [-0.05, 0) is 53.2 Å². The molecular formula is C23H42O7. The highest BCUT2D eigenvalue weighted by molar-refractivity contribution is 5.89. The van der Waals surface area contributed by atoms with E-state index in [4.69, 9.17) is 29.2 Å². The van der Waals surface area contributed by atoms with Crippen molar-refractivity contribution in [2.45, 2.75) is 66.3 Å². The Hall–Kier alpha value is -1.51. The van der Waals surface area contributed by atoms with Crippen molar-refractivity contribution in [3.05, 3.63) is 35.9 Å². The lowest BCUT2D eigenvalue weighted by molar-refractivity contribution is -0.0620. The summed E-state index contributed by atoms with van der Waals surface area (Å²) >= 11 is 0. The second-order valence-corrected chi connectivity index (χ2v) is 6.60. The summed E-state index contributed by atoms with van der Waals surface area (Å²) in [6, 6.07) is 9.01. The minimum atomic E-state index is -0.447. The molecule has 0 saturated heterocycles. The number of esters is 1. The molecule has 0 aliphatic carbocycles. The van der Waals surface area contributed by atoms with E-state index in [2.05, 4.69) is 0 Å². The number of rotatable bonds is 12. The quantitative estimate of drug-likeness (QED) is 0.490. The Morgan fingerprint density at radius 1 is 0.933 bits per heavy atom. The van der Waals surface area contributed by atoms with E-state index in [0.717, 1.165) is 19.6 Å². The van der Waals surface area contributed by atoms with Gasteiger partial charge in [-0.25, -0.2) is 4.79 Å². The van der Waals surface area contributed by atoms with E-state index in [1.165, 1.54) is 0 Å². The first-order valence-corrected chi connectivity index (χ1v) is 10.6. The van der Waals surface area contributed by atoms with Gasteiger partial charge in [0.25, 0.3) is 0 Å². The fraction of sp³-hybridized carbons (Fsp3) is 0.696. The Kier molecular flexibility index (Phi) is 22.7. The second-order valence-electron chi connectivity index (χ2n) is 6.60. The summed E-state index contributed by atoms with van der Waals surface area (Å²) in [5, 5.41) is 17.6. The molecule has 30 heavy (non-hydrogen) atoms. The van der Waals surface area contributed by atoms with Gasteiger partial charge in [-0.3, -0.25) is 0 Å². The van der Waals surface area contributed by atoms with E-state index in [9.17, 15) is 4.79 Å². The summed E-state index contributed by atoms with van der Waals surface area (Å²) in [7, 11) is 0. The zero-order valence-electron chi connectivity index (χ0n) is 19.5. The number of hydrogen-bond donors (Lipinski definition) is 2. The van der Waals surface area contributed by atoms with Crippen LogP contribution in [0.5, 0.6) is 0 Å². The van der Waals surface area contributed by atoms with Crippen molar-refractivity contribution in [3.8, 4) is 0 Å². The van der Waals surface area contributed by atoms with Crippen LogP contribution >= 0.6 is 0 Å². The molecule has 0 amide bonds. The van der Waals surface area contributed by atoms with Gasteiger partial charge in [0.05, 0.1) is 50.3 Å². The monoisotopic (exact) mass is 430 g/mol. The minimum absolute atomic E-state index is 0.0170. The van der Waals surface area contributed by atoms with E-state index in [1.54, 1.807) is 26.0 Å². The molecule has 7 heteroatoms. The van der Waals surface area contributed by atoms with Gasteiger partial charge in [0.2, 0.25) is 0 Å². The maximum atomic E-state index is 11.2. The number of aliphatic hydroxyl groups excluding tert-OH is 2. The average molecular weight is 431 g/mol. The summed E-state index contributed by atoms with van der Waals surface area (Å²) < 4.78 is 20.2. The molecule has 3 atom stereocenters. The fourth-order valence-corrected chi connectivity index (χ4v) is 1.76. The van der Waals surface area contributed by atoms with Crippen LogP contribution in [-0.4, -0.2) is 74.1 Å². The van der Waals surface area contributed by atoms with Crippen molar-refractivity contribution in [1.82, 2.24) is 0 Å². The fourth-order valence-electron chi connectivity index (χ4n) is 1.76. The Morgan fingerprint density at radius 2 is 1.50 bits per heavy atom. The Balaban J connectivity index is 0. The van der Waals surface area contributed by atoms with E-state index >= 15 is 0 Å². The lowest BCUT2D eigenvalue weighted by Gasteiger charge is -2.16. The van der Waals surface area contributed by atoms with Crippen LogP contribution in [0.2, 0.25) is 0 Å². The molecule has 2 N–H and O–H groups in total. The van der Waals surface area contributed by atoms with Crippen molar-refractivity contribution in [1.29, 1.82) is 0 Å². The number of benzene rings is 1. The molecule has 0 heterocycles. The van der Waals surface area contributed by atoms with Crippen LogP contribution in [0.1, 0.15) is 58.3 Å². The van der Waals surface area contributed by atoms with Gasteiger partial charge in [0, 0.05) is 13.2 Å². The van der Waals surface area contributed by atoms with Gasteiger partial charge >= 0.3 is 5.97 Å². The van der Waals surface area contributed by atoms with Crippen molar-refractivity contribution >= 4 is 5.97 Å². The van der Waals surface area contributed by atoms with Crippen LogP contribution in [-0.2, 0) is 18.9 Å². The zero-order chi connectivity index (χ0) is 23.2. The first-order chi connectivity index (χ1) is 14.3. The Labute approximate surface area is 182 Å². The summed E-state index contributed by atoms with van der Waals surface area (Å²) in [6.07, 6.45) is 0.206. The third-order valence-electron chi connectivity index (χ3n) is 3.35. The van der Waals surface area contributed by atoms with E-state index in [-0.39, 0.29) is 24.8 Å². The Bertz CT molecular complexity index is 478. The minimum Gasteiger partial charge on any atom is -0.462 e. The van der Waals surface area contributed by atoms with Crippen LogP contribution in [0.3, 0.4) is 0 Å². The molecule has 1 aromatic carbocycles. The van der Waals surface area contributed by atoms with Gasteiger partial charge in [0.15, 0.2) is 0 Å². The summed E-state index contributed by atoms with van der Waals surface area (Å²) in [5.41, 5.74) is 0.617. The maximum absolute atomic E-state index is 11.2. The van der Waals surface area contributed by atoms with Crippen LogP contribution in [0.25, 0.3) is 0 Å². The van der Waals surface area contributed by atoms with Gasteiger partial charge in [-0.2, -0.15) is 0 Å². The molecule has 0 spiro atoms. The number of carbonyl (C=O) groups excluding carboxylic acids is 1. The highest BCUT2D eigenvalue weighted by Gasteiger charge is 2.07. The van der Waals surface area contributed by atoms with E-state index in [1.807, 2.05) is 45.9 Å².